The van der Waals surface area contributed by atoms with Gasteiger partial charge >= 0.3 is 0 Å². The first-order chi connectivity index (χ1) is 19.6. The van der Waals surface area contributed by atoms with Crippen LogP contribution in [0.4, 0.5) is 0 Å². The van der Waals surface area contributed by atoms with Crippen molar-refractivity contribution in [3.05, 3.63) is 93.1 Å². The Kier molecular flexibility index (Phi) is 13.3. The van der Waals surface area contributed by atoms with Gasteiger partial charge in [-0.3, -0.25) is 9.80 Å². The standard InChI is InChI=1S/C35H46N2O3/c1-6-18-36(19-7-2)22-10-12-24-39-30-14-16-32-29(26-30)27-35(38-5)34-28-31(15-17-33(32)34)40-25-13-11-23-37(20-8-3)21-9-4/h6-9,14-17,26-28H,1-4,10-13,18-25H2,5H3. The number of nitrogens with zero attached hydrogens (tertiary/aromatic N) is 2. The fraction of sp³-hybridized carbons (Fsp3) is 0.371. The molecule has 0 aliphatic rings. The average Bonchev–Trinajstić information content (AvgIpc) is 2.96. The predicted molar refractivity (Wildman–Crippen MR) is 171 cm³/mol. The number of benzene rings is 3. The Morgan fingerprint density at radius 1 is 0.600 bits per heavy atom. The molecule has 3 aromatic rings. The van der Waals surface area contributed by atoms with Gasteiger partial charge in [-0.1, -0.05) is 30.4 Å². The number of unbranched alkanes of at least 4 members (excludes halogenated alkanes) is 2. The molecule has 0 heterocycles. The van der Waals surface area contributed by atoms with Gasteiger partial charge in [0.15, 0.2) is 0 Å². The second-order valence-electron chi connectivity index (χ2n) is 9.95. The summed E-state index contributed by atoms with van der Waals surface area (Å²) in [4.78, 5) is 4.65. The van der Waals surface area contributed by atoms with E-state index in [9.17, 15) is 0 Å². The molecule has 0 atom stereocenters. The zero-order valence-corrected chi connectivity index (χ0v) is 24.3. The van der Waals surface area contributed by atoms with E-state index in [1.165, 1.54) is 5.39 Å². The van der Waals surface area contributed by atoms with Crippen molar-refractivity contribution in [1.82, 2.24) is 9.80 Å². The number of methoxy groups -OCH3 is 1. The first-order valence-electron chi connectivity index (χ1n) is 14.3. The summed E-state index contributed by atoms with van der Waals surface area (Å²) in [7, 11) is 1.72. The first kappa shape index (κ1) is 31.0. The van der Waals surface area contributed by atoms with E-state index in [4.69, 9.17) is 14.2 Å². The van der Waals surface area contributed by atoms with Crippen LogP contribution in [-0.2, 0) is 0 Å². The molecule has 3 rings (SSSR count). The molecule has 3 aromatic carbocycles. The van der Waals surface area contributed by atoms with Crippen molar-refractivity contribution in [1.29, 1.82) is 0 Å². The third-order valence-corrected chi connectivity index (χ3v) is 6.90. The lowest BCUT2D eigenvalue weighted by Gasteiger charge is -2.18. The molecular formula is C35H46N2O3. The number of hydrogen-bond donors (Lipinski definition) is 0. The Morgan fingerprint density at radius 3 is 1.60 bits per heavy atom. The normalized spacial score (nSPS) is 11.2. The molecule has 0 bridgehead atoms. The highest BCUT2D eigenvalue weighted by atomic mass is 16.5. The van der Waals surface area contributed by atoms with Gasteiger partial charge in [-0.2, -0.15) is 0 Å². The summed E-state index contributed by atoms with van der Waals surface area (Å²) in [5.41, 5.74) is 0. The van der Waals surface area contributed by atoms with Crippen LogP contribution in [-0.4, -0.2) is 69.4 Å². The third-order valence-electron chi connectivity index (χ3n) is 6.90. The Balaban J connectivity index is 1.59. The second-order valence-corrected chi connectivity index (χ2v) is 9.95. The van der Waals surface area contributed by atoms with Gasteiger partial charge in [0.25, 0.3) is 0 Å². The quantitative estimate of drug-likeness (QED) is 0.0784. The highest BCUT2D eigenvalue weighted by Gasteiger charge is 2.10. The molecule has 0 fully saturated rings. The molecular weight excluding hydrogens is 496 g/mol. The van der Waals surface area contributed by atoms with Crippen LogP contribution >= 0.6 is 0 Å². The number of hydrogen-bond acceptors (Lipinski definition) is 5. The summed E-state index contributed by atoms with van der Waals surface area (Å²) in [6, 6.07) is 14.7. The molecule has 214 valence electrons. The summed E-state index contributed by atoms with van der Waals surface area (Å²) in [6.07, 6.45) is 11.9. The summed E-state index contributed by atoms with van der Waals surface area (Å²) in [5, 5.41) is 4.46. The van der Waals surface area contributed by atoms with Crippen LogP contribution in [0.25, 0.3) is 21.5 Å². The van der Waals surface area contributed by atoms with Crippen LogP contribution in [0.5, 0.6) is 17.2 Å². The lowest BCUT2D eigenvalue weighted by Crippen LogP contribution is -2.25. The maximum absolute atomic E-state index is 6.11. The minimum Gasteiger partial charge on any atom is -0.496 e. The Labute approximate surface area is 241 Å². The Morgan fingerprint density at radius 2 is 1.10 bits per heavy atom. The molecule has 0 saturated heterocycles. The van der Waals surface area contributed by atoms with Gasteiger partial charge in [0.05, 0.1) is 20.3 Å². The molecule has 0 saturated carbocycles. The van der Waals surface area contributed by atoms with Crippen LogP contribution in [0, 0.1) is 0 Å². The third kappa shape index (κ3) is 9.29. The molecule has 0 radical (unpaired) electrons. The van der Waals surface area contributed by atoms with Crippen molar-refractivity contribution in [3.63, 3.8) is 0 Å². The maximum Gasteiger partial charge on any atom is 0.127 e. The molecule has 0 spiro atoms. The lowest BCUT2D eigenvalue weighted by molar-refractivity contribution is 0.278. The fourth-order valence-corrected chi connectivity index (χ4v) is 4.93. The van der Waals surface area contributed by atoms with Crippen molar-refractivity contribution in [3.8, 4) is 17.2 Å². The lowest BCUT2D eigenvalue weighted by atomic mass is 10.0. The molecule has 0 aliphatic carbocycles. The minimum atomic E-state index is 0.679. The van der Waals surface area contributed by atoms with Gasteiger partial charge < -0.3 is 14.2 Å². The smallest absolute Gasteiger partial charge is 0.127 e. The van der Waals surface area contributed by atoms with Crippen molar-refractivity contribution in [2.75, 3.05) is 59.6 Å². The summed E-state index contributed by atoms with van der Waals surface area (Å²) >= 11 is 0. The van der Waals surface area contributed by atoms with Crippen molar-refractivity contribution in [2.45, 2.75) is 25.7 Å². The van der Waals surface area contributed by atoms with E-state index in [2.05, 4.69) is 78.6 Å². The van der Waals surface area contributed by atoms with Gasteiger partial charge in [0.1, 0.15) is 17.2 Å². The zero-order valence-electron chi connectivity index (χ0n) is 24.3. The average molecular weight is 543 g/mol. The summed E-state index contributed by atoms with van der Waals surface area (Å²) in [6.45, 7) is 22.3. The molecule has 0 aliphatic heterocycles. The van der Waals surface area contributed by atoms with E-state index in [-0.39, 0.29) is 0 Å². The van der Waals surface area contributed by atoms with Crippen molar-refractivity contribution < 1.29 is 14.2 Å². The van der Waals surface area contributed by atoms with Gasteiger partial charge in [0, 0.05) is 31.6 Å². The van der Waals surface area contributed by atoms with Gasteiger partial charge in [-0.05, 0) is 91.3 Å². The fourth-order valence-electron chi connectivity index (χ4n) is 4.93. The number of rotatable bonds is 21. The van der Waals surface area contributed by atoms with E-state index >= 15 is 0 Å². The Bertz CT molecular complexity index is 1230. The van der Waals surface area contributed by atoms with Crippen LogP contribution in [0.3, 0.4) is 0 Å². The molecule has 0 unspecified atom stereocenters. The SMILES string of the molecule is C=CCN(CC=C)CCCCOc1ccc2c(c1)cc(OC)c1cc(OCCCCN(CC=C)CC=C)ccc12. The molecule has 0 N–H and O–H groups in total. The van der Waals surface area contributed by atoms with E-state index in [0.29, 0.717) is 13.2 Å². The van der Waals surface area contributed by atoms with Gasteiger partial charge in [0.2, 0.25) is 0 Å². The van der Waals surface area contributed by atoms with E-state index in [1.54, 1.807) is 7.11 Å². The van der Waals surface area contributed by atoms with Gasteiger partial charge in [-0.25, -0.2) is 0 Å². The van der Waals surface area contributed by atoms with E-state index < -0.39 is 0 Å². The molecule has 0 amide bonds. The number of ether oxygens (including phenoxy) is 3. The van der Waals surface area contributed by atoms with Crippen molar-refractivity contribution in [2.24, 2.45) is 0 Å². The topological polar surface area (TPSA) is 34.2 Å². The predicted octanol–water partition coefficient (Wildman–Crippen LogP) is 7.67. The van der Waals surface area contributed by atoms with Crippen LogP contribution in [0.2, 0.25) is 0 Å². The summed E-state index contributed by atoms with van der Waals surface area (Å²) < 4.78 is 18.0. The van der Waals surface area contributed by atoms with Crippen LogP contribution in [0.15, 0.2) is 93.1 Å². The zero-order chi connectivity index (χ0) is 28.6. The van der Waals surface area contributed by atoms with Crippen LogP contribution in [0.1, 0.15) is 25.7 Å². The minimum absolute atomic E-state index is 0.679. The van der Waals surface area contributed by atoms with Gasteiger partial charge in [-0.15, -0.1) is 26.3 Å². The first-order valence-corrected chi connectivity index (χ1v) is 14.3. The molecule has 0 aromatic heterocycles. The second kappa shape index (κ2) is 17.2. The van der Waals surface area contributed by atoms with Crippen LogP contribution < -0.4 is 14.2 Å². The monoisotopic (exact) mass is 542 g/mol. The highest BCUT2D eigenvalue weighted by Crippen LogP contribution is 2.37. The highest BCUT2D eigenvalue weighted by molar-refractivity contribution is 6.11. The number of fused-ring (bicyclic) bond motifs is 3. The maximum atomic E-state index is 6.11. The molecule has 5 heteroatoms. The van der Waals surface area contributed by atoms with E-state index in [1.807, 2.05) is 24.3 Å². The molecule has 5 nitrogen and oxygen atoms in total. The van der Waals surface area contributed by atoms with Crippen molar-refractivity contribution >= 4 is 21.5 Å². The van der Waals surface area contributed by atoms with E-state index in [0.717, 1.165) is 98.4 Å². The summed E-state index contributed by atoms with van der Waals surface area (Å²) in [5.74, 6) is 2.57. The molecule has 40 heavy (non-hydrogen) atoms. The Hall–Kier alpha value is -3.54. The largest absolute Gasteiger partial charge is 0.496 e.